The zero-order chi connectivity index (χ0) is 12.7. The van der Waals surface area contributed by atoms with Gasteiger partial charge in [-0.05, 0) is 6.07 Å². The summed E-state index contributed by atoms with van der Waals surface area (Å²) < 4.78 is 0. The number of H-pyrrole nitrogens is 1. The maximum Gasteiger partial charge on any atom is 0.318 e. The number of hydrogen-bond acceptors (Lipinski definition) is 3. The van der Waals surface area contributed by atoms with Crippen molar-refractivity contribution >= 4 is 17.5 Å². The number of nitrogens with zero attached hydrogens (tertiary/aromatic N) is 1. The highest BCUT2D eigenvalue weighted by molar-refractivity contribution is 6.24. The number of hydrogen-bond donors (Lipinski definition) is 3. The molecule has 0 radical (unpaired) electrons. The summed E-state index contributed by atoms with van der Waals surface area (Å²) in [5.74, 6) is -0.124. The van der Waals surface area contributed by atoms with Gasteiger partial charge >= 0.3 is 6.03 Å². The number of amides is 2. The number of carbonyl (C=O) groups is 2. The van der Waals surface area contributed by atoms with Crippen molar-refractivity contribution in [3.05, 3.63) is 35.5 Å². The monoisotopic (exact) mass is 242 g/mol. The Balaban J connectivity index is 2.14. The van der Waals surface area contributed by atoms with Crippen LogP contribution in [0.15, 0.2) is 24.4 Å². The third kappa shape index (κ3) is 1.32. The topological polar surface area (TPSA) is 86.9 Å². The smallest absolute Gasteiger partial charge is 0.318 e. The van der Waals surface area contributed by atoms with E-state index in [9.17, 15) is 9.59 Å². The van der Waals surface area contributed by atoms with Crippen LogP contribution in [0.2, 0.25) is 0 Å². The molecule has 1 aliphatic rings. The van der Waals surface area contributed by atoms with E-state index in [1.807, 2.05) is 6.07 Å². The highest BCUT2D eigenvalue weighted by Gasteiger charge is 2.31. The van der Waals surface area contributed by atoms with Crippen molar-refractivity contribution < 1.29 is 9.59 Å². The van der Waals surface area contributed by atoms with Crippen LogP contribution >= 0.6 is 0 Å². The molecule has 3 rings (SSSR count). The lowest BCUT2D eigenvalue weighted by atomic mass is 10.1. The molecule has 90 valence electrons. The Kier molecular flexibility index (Phi) is 2.16. The van der Waals surface area contributed by atoms with Crippen molar-refractivity contribution in [2.45, 2.75) is 0 Å². The molecule has 1 aromatic carbocycles. The molecule has 1 heterocycles. The predicted molar refractivity (Wildman–Crippen MR) is 65.5 cm³/mol. The molecule has 0 atom stereocenters. The second-order valence-electron chi connectivity index (χ2n) is 3.92. The van der Waals surface area contributed by atoms with Gasteiger partial charge < -0.3 is 10.6 Å². The highest BCUT2D eigenvalue weighted by atomic mass is 16.2. The maximum atomic E-state index is 12.2. The third-order valence-electron chi connectivity index (χ3n) is 2.92. The minimum absolute atomic E-state index is 0.124. The van der Waals surface area contributed by atoms with Gasteiger partial charge in [-0.3, -0.25) is 9.89 Å². The Bertz CT molecular complexity index is 660. The van der Waals surface area contributed by atoms with Crippen LogP contribution in [0, 0.1) is 0 Å². The molecule has 1 aliphatic carbocycles. The highest BCUT2D eigenvalue weighted by Crippen LogP contribution is 2.38. The van der Waals surface area contributed by atoms with Crippen LogP contribution in [-0.4, -0.2) is 29.1 Å². The van der Waals surface area contributed by atoms with Crippen LogP contribution in [0.3, 0.4) is 0 Å². The Hall–Kier alpha value is -2.63. The zero-order valence-electron chi connectivity index (χ0n) is 9.57. The average molecular weight is 242 g/mol. The van der Waals surface area contributed by atoms with E-state index < -0.39 is 0 Å². The number of nitrogens with one attached hydrogen (secondary N) is 3. The molecule has 1 aromatic heterocycles. The first-order chi connectivity index (χ1) is 8.72. The minimum atomic E-state index is -0.357. The molecule has 0 saturated carbocycles. The molecule has 2 amide bonds. The summed E-state index contributed by atoms with van der Waals surface area (Å²) in [7, 11) is 1.52. The van der Waals surface area contributed by atoms with Crippen LogP contribution in [0.25, 0.3) is 11.3 Å². The summed E-state index contributed by atoms with van der Waals surface area (Å²) in [5.41, 5.74) is 3.01. The summed E-state index contributed by atoms with van der Waals surface area (Å²) in [5, 5.41) is 11.7. The van der Waals surface area contributed by atoms with E-state index in [-0.39, 0.29) is 11.8 Å². The molecule has 2 aromatic rings. The number of rotatable bonds is 1. The number of fused-ring (bicyclic) bond motifs is 3. The molecular formula is C12H10N4O2. The molecule has 6 nitrogen and oxygen atoms in total. The number of aromatic nitrogens is 2. The van der Waals surface area contributed by atoms with E-state index in [2.05, 4.69) is 20.8 Å². The van der Waals surface area contributed by atoms with E-state index in [1.54, 1.807) is 12.1 Å². The summed E-state index contributed by atoms with van der Waals surface area (Å²) in [6.07, 6.45) is 1.50. The molecule has 6 heteroatoms. The van der Waals surface area contributed by atoms with E-state index in [1.165, 1.54) is 13.2 Å². The van der Waals surface area contributed by atoms with Gasteiger partial charge in [-0.25, -0.2) is 4.79 Å². The van der Waals surface area contributed by atoms with Gasteiger partial charge in [0.2, 0.25) is 0 Å². The molecular weight excluding hydrogens is 232 g/mol. The van der Waals surface area contributed by atoms with E-state index >= 15 is 0 Å². The molecule has 0 saturated heterocycles. The van der Waals surface area contributed by atoms with Crippen molar-refractivity contribution in [1.29, 1.82) is 0 Å². The lowest BCUT2D eigenvalue weighted by Gasteiger charge is -2.08. The fourth-order valence-corrected chi connectivity index (χ4v) is 2.09. The Morgan fingerprint density at radius 2 is 2.17 bits per heavy atom. The van der Waals surface area contributed by atoms with E-state index in [0.717, 1.165) is 5.56 Å². The lowest BCUT2D eigenvalue weighted by molar-refractivity contribution is 0.104. The second-order valence-corrected chi connectivity index (χ2v) is 3.92. The Labute approximate surface area is 102 Å². The summed E-state index contributed by atoms with van der Waals surface area (Å²) >= 11 is 0. The van der Waals surface area contributed by atoms with Crippen molar-refractivity contribution in [3.8, 4) is 11.3 Å². The van der Waals surface area contributed by atoms with Crippen LogP contribution in [0.1, 0.15) is 15.9 Å². The minimum Gasteiger partial charge on any atom is -0.341 e. The van der Waals surface area contributed by atoms with Gasteiger partial charge in [-0.2, -0.15) is 5.10 Å². The molecule has 0 aliphatic heterocycles. The van der Waals surface area contributed by atoms with Crippen molar-refractivity contribution in [2.24, 2.45) is 0 Å². The van der Waals surface area contributed by atoms with Gasteiger partial charge in [-0.15, -0.1) is 0 Å². The number of aromatic amines is 1. The number of urea groups is 1. The quantitative estimate of drug-likeness (QED) is 0.602. The molecule has 3 N–H and O–H groups in total. The van der Waals surface area contributed by atoms with Gasteiger partial charge in [0.15, 0.2) is 5.78 Å². The first kappa shape index (κ1) is 10.5. The summed E-state index contributed by atoms with van der Waals surface area (Å²) in [6.45, 7) is 0. The second kappa shape index (κ2) is 3.69. The largest absolute Gasteiger partial charge is 0.341 e. The number of ketones is 1. The van der Waals surface area contributed by atoms with Crippen LogP contribution < -0.4 is 10.6 Å². The van der Waals surface area contributed by atoms with Gasteiger partial charge in [0.25, 0.3) is 0 Å². The van der Waals surface area contributed by atoms with Crippen LogP contribution in [0.5, 0.6) is 0 Å². The van der Waals surface area contributed by atoms with Crippen molar-refractivity contribution in [1.82, 2.24) is 15.5 Å². The summed E-state index contributed by atoms with van der Waals surface area (Å²) in [4.78, 5) is 23.6. The Morgan fingerprint density at radius 3 is 2.94 bits per heavy atom. The van der Waals surface area contributed by atoms with Crippen LogP contribution in [-0.2, 0) is 0 Å². The Morgan fingerprint density at radius 1 is 1.33 bits per heavy atom. The fourth-order valence-electron chi connectivity index (χ4n) is 2.09. The molecule has 18 heavy (non-hydrogen) atoms. The predicted octanol–water partition coefficient (Wildman–Crippen LogP) is 1.37. The molecule has 0 unspecified atom stereocenters. The van der Waals surface area contributed by atoms with Crippen molar-refractivity contribution in [2.75, 3.05) is 12.4 Å². The third-order valence-corrected chi connectivity index (χ3v) is 2.92. The van der Waals surface area contributed by atoms with E-state index in [0.29, 0.717) is 22.5 Å². The average Bonchev–Trinajstić information content (AvgIpc) is 2.94. The molecule has 0 bridgehead atoms. The molecule has 0 fully saturated rings. The SMILES string of the molecule is CNC(=O)Nc1cccc2c1C(=O)c1cn[nH]c1-2. The summed E-state index contributed by atoms with van der Waals surface area (Å²) in [6, 6.07) is 4.95. The van der Waals surface area contributed by atoms with Gasteiger partial charge in [-0.1, -0.05) is 12.1 Å². The van der Waals surface area contributed by atoms with Gasteiger partial charge in [0.05, 0.1) is 28.7 Å². The first-order valence-electron chi connectivity index (χ1n) is 5.42. The molecule has 0 spiro atoms. The number of benzene rings is 1. The van der Waals surface area contributed by atoms with Gasteiger partial charge in [0, 0.05) is 12.6 Å². The maximum absolute atomic E-state index is 12.2. The lowest BCUT2D eigenvalue weighted by Crippen LogP contribution is -2.25. The van der Waals surface area contributed by atoms with Crippen LogP contribution in [0.4, 0.5) is 10.5 Å². The van der Waals surface area contributed by atoms with E-state index in [4.69, 9.17) is 0 Å². The number of carbonyl (C=O) groups excluding carboxylic acids is 2. The number of anilines is 1. The van der Waals surface area contributed by atoms with Crippen molar-refractivity contribution in [3.63, 3.8) is 0 Å². The zero-order valence-corrected chi connectivity index (χ0v) is 9.57. The first-order valence-corrected chi connectivity index (χ1v) is 5.42. The standard InChI is InChI=1S/C12H10N4O2/c1-13-12(18)15-8-4-2-3-6-9(8)11(17)7-5-14-16-10(6)7/h2-5H,1H3,(H,14,16)(H2,13,15,18). The van der Waals surface area contributed by atoms with Gasteiger partial charge in [0.1, 0.15) is 0 Å². The fraction of sp³-hybridized carbons (Fsp3) is 0.0833. The normalized spacial score (nSPS) is 11.9.